The first kappa shape index (κ1) is 29.2. The van der Waals surface area contributed by atoms with Crippen LogP contribution in [0, 0.1) is 29.1 Å². The number of sulfonamides is 1. The molecule has 210 valence electrons. The Kier molecular flexibility index (Phi) is 8.84. The summed E-state index contributed by atoms with van der Waals surface area (Å²) < 4.78 is 27.7. The summed E-state index contributed by atoms with van der Waals surface area (Å²) in [4.78, 5) is 32.9. The first-order valence-corrected chi connectivity index (χ1v) is 15.8. The molecule has 0 spiro atoms. The molecule has 2 aromatic heterocycles. The van der Waals surface area contributed by atoms with Crippen LogP contribution in [0.4, 0.5) is 5.69 Å². The van der Waals surface area contributed by atoms with E-state index in [1.54, 1.807) is 17.0 Å². The molecule has 1 saturated heterocycles. The van der Waals surface area contributed by atoms with Gasteiger partial charge in [-0.05, 0) is 83.4 Å². The van der Waals surface area contributed by atoms with Crippen molar-refractivity contribution in [3.63, 3.8) is 0 Å². The molecule has 1 N–H and O–H groups in total. The maximum Gasteiger partial charge on any atom is 0.348 e. The molecule has 2 aromatic rings. The van der Waals surface area contributed by atoms with Crippen LogP contribution in [0.5, 0.6) is 0 Å². The number of hydrogen-bond donors (Lipinski definition) is 1. The van der Waals surface area contributed by atoms with Gasteiger partial charge < -0.3 is 10.0 Å². The fourth-order valence-corrected chi connectivity index (χ4v) is 7.49. The summed E-state index contributed by atoms with van der Waals surface area (Å²) in [5.74, 6) is 5.49. The molecule has 39 heavy (non-hydrogen) atoms. The second-order valence-electron chi connectivity index (χ2n) is 11.6. The van der Waals surface area contributed by atoms with Gasteiger partial charge in [-0.15, -0.1) is 11.3 Å². The molecule has 8 nitrogen and oxygen atoms in total. The van der Waals surface area contributed by atoms with Crippen LogP contribution in [-0.2, 0) is 14.8 Å². The zero-order valence-corrected chi connectivity index (χ0v) is 24.6. The number of aromatic carboxylic acids is 1. The molecule has 1 amide bonds. The average Bonchev–Trinajstić information content (AvgIpc) is 3.33. The van der Waals surface area contributed by atoms with Crippen molar-refractivity contribution in [2.75, 3.05) is 18.0 Å². The van der Waals surface area contributed by atoms with Gasteiger partial charge in [0.15, 0.2) is 0 Å². The van der Waals surface area contributed by atoms with Crippen LogP contribution in [-0.4, -0.2) is 53.8 Å². The Morgan fingerprint density at radius 2 is 1.79 bits per heavy atom. The number of carbonyl (C=O) groups is 2. The van der Waals surface area contributed by atoms with Gasteiger partial charge in [-0.1, -0.05) is 18.8 Å². The third kappa shape index (κ3) is 6.89. The number of carboxylic acid groups (broad SMARTS) is 1. The molecule has 0 radical (unpaired) electrons. The molecule has 0 atom stereocenters. The van der Waals surface area contributed by atoms with Crippen molar-refractivity contribution in [2.45, 2.75) is 77.2 Å². The second-order valence-corrected chi connectivity index (χ2v) is 14.6. The lowest BCUT2D eigenvalue weighted by Gasteiger charge is -2.40. The van der Waals surface area contributed by atoms with Crippen LogP contribution in [0.2, 0.25) is 0 Å². The molecule has 2 aliphatic rings. The molecule has 0 aromatic carbocycles. The van der Waals surface area contributed by atoms with E-state index in [-0.39, 0.29) is 46.1 Å². The van der Waals surface area contributed by atoms with E-state index in [9.17, 15) is 23.1 Å². The normalized spacial score (nSPS) is 21.1. The van der Waals surface area contributed by atoms with E-state index in [2.05, 4.69) is 23.7 Å². The standard InChI is InChI=1S/C29H37N3O5S2/c1-20-7-9-21(10-8-20)27(33)32(25-18-23(11-14-29(2,3)4)38-26(25)28(34)35)22-12-16-31(17-13-22)39(36,37)24-6-5-15-30-19-24/h5-6,15,18-22H,7-10,12-13,16-17H2,1-4H3,(H,34,35). The largest absolute Gasteiger partial charge is 0.477 e. The summed E-state index contributed by atoms with van der Waals surface area (Å²) in [7, 11) is -3.70. The zero-order valence-electron chi connectivity index (χ0n) is 23.0. The van der Waals surface area contributed by atoms with Gasteiger partial charge in [-0.3, -0.25) is 9.78 Å². The smallest absolute Gasteiger partial charge is 0.348 e. The molecule has 0 bridgehead atoms. The number of carbonyl (C=O) groups excluding carboxylic acids is 1. The van der Waals surface area contributed by atoms with Crippen molar-refractivity contribution in [3.05, 3.63) is 40.3 Å². The number of pyridine rings is 1. The summed E-state index contributed by atoms with van der Waals surface area (Å²) in [5, 5.41) is 10.1. The second kappa shape index (κ2) is 11.8. The van der Waals surface area contributed by atoms with E-state index in [4.69, 9.17) is 0 Å². The maximum absolute atomic E-state index is 14.1. The summed E-state index contributed by atoms with van der Waals surface area (Å²) in [6.07, 6.45) is 7.15. The number of carboxylic acids is 1. The Bertz CT molecular complexity index is 1350. The Morgan fingerprint density at radius 1 is 1.13 bits per heavy atom. The fourth-order valence-electron chi connectivity index (χ4n) is 5.21. The van der Waals surface area contributed by atoms with E-state index >= 15 is 0 Å². The highest BCUT2D eigenvalue weighted by Crippen LogP contribution is 2.38. The molecule has 1 saturated carbocycles. The van der Waals surface area contributed by atoms with E-state index < -0.39 is 16.0 Å². The molecule has 4 rings (SSSR count). The molecular weight excluding hydrogens is 534 g/mol. The quantitative estimate of drug-likeness (QED) is 0.475. The van der Waals surface area contributed by atoms with Crippen molar-refractivity contribution in [1.82, 2.24) is 9.29 Å². The zero-order chi connectivity index (χ0) is 28.4. The summed E-state index contributed by atoms with van der Waals surface area (Å²) in [5.41, 5.74) is 0.122. The van der Waals surface area contributed by atoms with E-state index in [1.165, 1.54) is 22.8 Å². The fraction of sp³-hybridized carbons (Fsp3) is 0.552. The lowest BCUT2D eigenvalue weighted by atomic mass is 9.82. The average molecular weight is 572 g/mol. The summed E-state index contributed by atoms with van der Waals surface area (Å²) >= 11 is 1.09. The van der Waals surface area contributed by atoms with Gasteiger partial charge in [0.05, 0.1) is 10.6 Å². The van der Waals surface area contributed by atoms with Crippen LogP contribution < -0.4 is 4.90 Å². The number of hydrogen-bond acceptors (Lipinski definition) is 6. The number of anilines is 1. The van der Waals surface area contributed by atoms with Gasteiger partial charge in [0, 0.05) is 42.9 Å². The van der Waals surface area contributed by atoms with Crippen molar-refractivity contribution in [1.29, 1.82) is 0 Å². The predicted octanol–water partition coefficient (Wildman–Crippen LogP) is 5.25. The first-order valence-electron chi connectivity index (χ1n) is 13.5. The minimum absolute atomic E-state index is 0.0638. The number of thiophene rings is 1. The minimum atomic E-state index is -3.70. The SMILES string of the molecule is CC1CCC(C(=O)N(c2cc(C#CC(C)(C)C)sc2C(=O)O)C2CCN(S(=O)(=O)c3cccnc3)CC2)CC1. The molecule has 3 heterocycles. The topological polar surface area (TPSA) is 108 Å². The van der Waals surface area contributed by atoms with Gasteiger partial charge in [0.25, 0.3) is 0 Å². The Hall–Kier alpha value is -2.74. The number of piperidine rings is 1. The van der Waals surface area contributed by atoms with Gasteiger partial charge in [0.1, 0.15) is 9.77 Å². The highest BCUT2D eigenvalue weighted by Gasteiger charge is 2.39. The Labute approximate surface area is 235 Å². The lowest BCUT2D eigenvalue weighted by molar-refractivity contribution is -0.124. The lowest BCUT2D eigenvalue weighted by Crippen LogP contribution is -2.51. The Morgan fingerprint density at radius 3 is 2.36 bits per heavy atom. The van der Waals surface area contributed by atoms with Crippen LogP contribution >= 0.6 is 11.3 Å². The third-order valence-electron chi connectivity index (χ3n) is 7.39. The molecule has 2 fully saturated rings. The highest BCUT2D eigenvalue weighted by atomic mass is 32.2. The van der Waals surface area contributed by atoms with Crippen molar-refractivity contribution in [3.8, 4) is 11.8 Å². The van der Waals surface area contributed by atoms with Crippen LogP contribution in [0.1, 0.15) is 80.8 Å². The molecule has 1 aliphatic heterocycles. The summed E-state index contributed by atoms with van der Waals surface area (Å²) in [6, 6.07) is 4.54. The minimum Gasteiger partial charge on any atom is -0.477 e. The van der Waals surface area contributed by atoms with Gasteiger partial charge in [-0.25, -0.2) is 13.2 Å². The Balaban J connectivity index is 1.66. The van der Waals surface area contributed by atoms with Gasteiger partial charge in [-0.2, -0.15) is 4.31 Å². The van der Waals surface area contributed by atoms with Crippen molar-refractivity contribution < 1.29 is 23.1 Å². The van der Waals surface area contributed by atoms with Crippen molar-refractivity contribution in [2.24, 2.45) is 17.3 Å². The highest BCUT2D eigenvalue weighted by molar-refractivity contribution is 7.89. The van der Waals surface area contributed by atoms with Crippen LogP contribution in [0.25, 0.3) is 0 Å². The first-order chi connectivity index (χ1) is 18.4. The molecule has 10 heteroatoms. The van der Waals surface area contributed by atoms with Gasteiger partial charge in [0.2, 0.25) is 15.9 Å². The third-order valence-corrected chi connectivity index (χ3v) is 10.3. The summed E-state index contributed by atoms with van der Waals surface area (Å²) in [6.45, 7) is 8.62. The molecule has 0 unspecified atom stereocenters. The van der Waals surface area contributed by atoms with E-state index in [1.807, 2.05) is 20.8 Å². The van der Waals surface area contributed by atoms with Crippen molar-refractivity contribution >= 4 is 38.9 Å². The monoisotopic (exact) mass is 571 g/mol. The van der Waals surface area contributed by atoms with E-state index in [0.717, 1.165) is 37.0 Å². The number of amides is 1. The van der Waals surface area contributed by atoms with Gasteiger partial charge >= 0.3 is 5.97 Å². The van der Waals surface area contributed by atoms with E-state index in [0.29, 0.717) is 29.3 Å². The molecule has 1 aliphatic carbocycles. The maximum atomic E-state index is 14.1. The van der Waals surface area contributed by atoms with Crippen LogP contribution in [0.3, 0.4) is 0 Å². The number of rotatable bonds is 6. The number of aromatic nitrogens is 1. The predicted molar refractivity (Wildman–Crippen MR) is 152 cm³/mol. The van der Waals surface area contributed by atoms with Crippen LogP contribution in [0.15, 0.2) is 35.5 Å². The number of nitrogens with zero attached hydrogens (tertiary/aromatic N) is 3. The molecular formula is C29H37N3O5S2.